The lowest BCUT2D eigenvalue weighted by molar-refractivity contribution is -0.0444. The van der Waals surface area contributed by atoms with Gasteiger partial charge in [0.15, 0.2) is 0 Å². The van der Waals surface area contributed by atoms with Gasteiger partial charge in [-0.05, 0) is 61.1 Å². The van der Waals surface area contributed by atoms with E-state index in [0.717, 1.165) is 41.7 Å². The zero-order valence-electron chi connectivity index (χ0n) is 15.8. The van der Waals surface area contributed by atoms with E-state index in [2.05, 4.69) is 22.5 Å². The van der Waals surface area contributed by atoms with E-state index >= 15 is 0 Å². The Bertz CT molecular complexity index is 858. The van der Waals surface area contributed by atoms with Gasteiger partial charge in [0.1, 0.15) is 5.75 Å². The van der Waals surface area contributed by atoms with Gasteiger partial charge in [-0.1, -0.05) is 6.08 Å². The highest BCUT2D eigenvalue weighted by Crippen LogP contribution is 2.42. The number of benzene rings is 1. The molecule has 0 aliphatic carbocycles. The minimum atomic E-state index is -2.61. The van der Waals surface area contributed by atoms with Crippen LogP contribution in [0.15, 0.2) is 43.1 Å². The van der Waals surface area contributed by atoms with E-state index in [0.29, 0.717) is 11.8 Å². The second-order valence-electron chi connectivity index (χ2n) is 7.21. The van der Waals surface area contributed by atoms with Crippen LogP contribution in [-0.4, -0.2) is 54.5 Å². The van der Waals surface area contributed by atoms with E-state index < -0.39 is 17.5 Å². The number of aliphatic hydroxyl groups excluding tert-OH is 1. The second-order valence-corrected chi connectivity index (χ2v) is 7.67. The van der Waals surface area contributed by atoms with Crippen molar-refractivity contribution in [1.29, 1.82) is 0 Å². The monoisotopic (exact) mass is 406 g/mol. The maximum atomic E-state index is 11.2. The molecule has 3 saturated heterocycles. The van der Waals surface area contributed by atoms with Crippen LogP contribution >= 0.6 is 0 Å². The Hall–Kier alpha value is -1.84. The van der Waals surface area contributed by atoms with Gasteiger partial charge in [-0.25, -0.2) is 0 Å². The Balaban J connectivity index is 0.000000516. The summed E-state index contributed by atoms with van der Waals surface area (Å²) in [6.07, 6.45) is 5.62. The summed E-state index contributed by atoms with van der Waals surface area (Å²) in [5.74, 6) is 2.01. The molecule has 0 saturated carbocycles. The van der Waals surface area contributed by atoms with Gasteiger partial charge < -0.3 is 9.84 Å². The lowest BCUT2D eigenvalue weighted by Crippen LogP contribution is -2.54. The summed E-state index contributed by atoms with van der Waals surface area (Å²) < 4.78 is 28.2. The van der Waals surface area contributed by atoms with Gasteiger partial charge in [0.25, 0.3) is 11.4 Å². The average molecular weight is 407 g/mol. The first kappa shape index (κ1) is 20.9. The molecule has 5 rings (SSSR count). The van der Waals surface area contributed by atoms with E-state index in [1.54, 1.807) is 13.3 Å². The molecule has 0 radical (unpaired) electrons. The van der Waals surface area contributed by atoms with Gasteiger partial charge in [-0.15, -0.1) is 6.58 Å². The fraction of sp³-hybridized carbons (Fsp3) is 0.450. The molecular weight excluding hydrogens is 380 g/mol. The maximum Gasteiger partial charge on any atom is 0.299 e. The van der Waals surface area contributed by atoms with Gasteiger partial charge in [0.05, 0.1) is 18.7 Å². The van der Waals surface area contributed by atoms with Crippen LogP contribution in [-0.2, 0) is 11.4 Å². The van der Waals surface area contributed by atoms with Gasteiger partial charge in [-0.2, -0.15) is 4.21 Å². The number of aromatic nitrogens is 1. The summed E-state index contributed by atoms with van der Waals surface area (Å²) in [4.78, 5) is 6.86. The topological polar surface area (TPSA) is 103 Å². The highest BCUT2D eigenvalue weighted by Gasteiger charge is 2.42. The highest BCUT2D eigenvalue weighted by atomic mass is 32.2. The Labute approximate surface area is 167 Å². The molecule has 3 fully saturated rings. The molecule has 1 aromatic heterocycles. The first-order valence-corrected chi connectivity index (χ1v) is 10.3. The minimum absolute atomic E-state index is 0.178. The van der Waals surface area contributed by atoms with Crippen molar-refractivity contribution in [3.63, 3.8) is 0 Å². The van der Waals surface area contributed by atoms with Crippen LogP contribution in [0.2, 0.25) is 0 Å². The molecule has 8 heteroatoms. The molecular formula is C20H26N2O5S. The summed E-state index contributed by atoms with van der Waals surface area (Å²) in [6, 6.07) is 7.96. The molecule has 3 unspecified atom stereocenters. The van der Waals surface area contributed by atoms with Crippen molar-refractivity contribution >= 4 is 22.3 Å². The largest absolute Gasteiger partial charge is 0.497 e. The molecule has 3 aliphatic rings. The number of methoxy groups -OCH3 is 1. The van der Waals surface area contributed by atoms with Crippen LogP contribution in [0.5, 0.6) is 5.75 Å². The number of aliphatic hydroxyl groups is 1. The number of fused-ring (bicyclic) bond motifs is 4. The van der Waals surface area contributed by atoms with E-state index in [4.69, 9.17) is 18.1 Å². The quantitative estimate of drug-likeness (QED) is 0.530. The molecule has 4 heterocycles. The first-order chi connectivity index (χ1) is 13.4. The predicted octanol–water partition coefficient (Wildman–Crippen LogP) is 2.85. The van der Waals surface area contributed by atoms with E-state index in [9.17, 15) is 5.11 Å². The molecule has 0 spiro atoms. The average Bonchev–Trinajstić information content (AvgIpc) is 2.72. The summed E-state index contributed by atoms with van der Waals surface area (Å²) in [6.45, 7) is 6.07. The number of rotatable bonds is 4. The van der Waals surface area contributed by atoms with Crippen molar-refractivity contribution in [2.24, 2.45) is 11.8 Å². The minimum Gasteiger partial charge on any atom is -0.497 e. The number of ether oxygens (including phenoxy) is 1. The molecule has 0 amide bonds. The first-order valence-electron chi connectivity index (χ1n) is 9.21. The number of nitrogens with zero attached hydrogens (tertiary/aromatic N) is 2. The SMILES string of the molecule is C=C[C@@H]1CN2CCC1C[C@@H]2C(O)c1ccnc2ccc(OC)cc12.O=S(O)O. The summed E-state index contributed by atoms with van der Waals surface area (Å²) in [5, 5.41) is 12.1. The summed E-state index contributed by atoms with van der Waals surface area (Å²) in [7, 11) is 1.66. The standard InChI is InChI=1S/C20H24N2O2.H2O3S/c1-3-13-12-22-9-7-14(13)10-19(22)20(23)16-6-8-21-18-5-4-15(24-2)11-17(16)18;1-4(2)3/h3-6,8,11,13-14,19-20,23H,1,7,9-10,12H2,2H3;(H2,1,2,3)/t13-,14?,19-,20?;/m1./s1. The second kappa shape index (κ2) is 9.11. The third-order valence-electron chi connectivity index (χ3n) is 5.82. The molecule has 3 aliphatic heterocycles. The third-order valence-corrected chi connectivity index (χ3v) is 5.82. The number of pyridine rings is 1. The van der Waals surface area contributed by atoms with Crippen LogP contribution in [0.4, 0.5) is 0 Å². The van der Waals surface area contributed by atoms with Gasteiger partial charge in [-0.3, -0.25) is 19.0 Å². The molecule has 3 N–H and O–H groups in total. The molecule has 2 aromatic rings. The van der Waals surface area contributed by atoms with E-state index in [1.165, 1.54) is 6.42 Å². The number of piperidine rings is 3. The van der Waals surface area contributed by atoms with Crippen molar-refractivity contribution in [1.82, 2.24) is 9.88 Å². The molecule has 7 nitrogen and oxygen atoms in total. The Morgan fingerprint density at radius 3 is 2.75 bits per heavy atom. The normalized spacial score (nSPS) is 27.2. The third kappa shape index (κ3) is 4.42. The van der Waals surface area contributed by atoms with E-state index in [-0.39, 0.29) is 6.04 Å². The molecule has 152 valence electrons. The predicted molar refractivity (Wildman–Crippen MR) is 108 cm³/mol. The molecule has 1 aromatic carbocycles. The van der Waals surface area contributed by atoms with Gasteiger partial charge in [0.2, 0.25) is 0 Å². The fourth-order valence-electron chi connectivity index (χ4n) is 4.44. The van der Waals surface area contributed by atoms with Gasteiger partial charge in [0, 0.05) is 24.2 Å². The lowest BCUT2D eigenvalue weighted by atomic mass is 9.73. The lowest BCUT2D eigenvalue weighted by Gasteiger charge is -2.50. The van der Waals surface area contributed by atoms with Gasteiger partial charge >= 0.3 is 0 Å². The molecule has 28 heavy (non-hydrogen) atoms. The molecule has 2 bridgehead atoms. The van der Waals surface area contributed by atoms with Crippen molar-refractivity contribution in [3.8, 4) is 5.75 Å². The summed E-state index contributed by atoms with van der Waals surface area (Å²) in [5.41, 5.74) is 1.85. The van der Waals surface area contributed by atoms with Crippen LogP contribution < -0.4 is 4.74 Å². The summed E-state index contributed by atoms with van der Waals surface area (Å²) >= 11 is -2.61. The highest BCUT2D eigenvalue weighted by molar-refractivity contribution is 7.73. The fourth-order valence-corrected chi connectivity index (χ4v) is 4.44. The molecule has 5 atom stereocenters. The van der Waals surface area contributed by atoms with Crippen LogP contribution in [0, 0.1) is 11.8 Å². The Morgan fingerprint density at radius 2 is 2.14 bits per heavy atom. The van der Waals surface area contributed by atoms with E-state index in [1.807, 2.05) is 24.3 Å². The van der Waals surface area contributed by atoms with Crippen molar-refractivity contribution in [2.45, 2.75) is 25.0 Å². The Morgan fingerprint density at radius 1 is 1.39 bits per heavy atom. The van der Waals surface area contributed by atoms with Crippen molar-refractivity contribution in [2.75, 3.05) is 20.2 Å². The van der Waals surface area contributed by atoms with Crippen LogP contribution in [0.25, 0.3) is 10.9 Å². The van der Waals surface area contributed by atoms with Crippen LogP contribution in [0.3, 0.4) is 0 Å². The zero-order valence-corrected chi connectivity index (χ0v) is 16.6. The number of hydrogen-bond acceptors (Lipinski definition) is 5. The number of hydrogen-bond donors (Lipinski definition) is 3. The maximum absolute atomic E-state index is 11.2. The van der Waals surface area contributed by atoms with Crippen molar-refractivity contribution in [3.05, 3.63) is 48.7 Å². The smallest absolute Gasteiger partial charge is 0.299 e. The van der Waals surface area contributed by atoms with Crippen LogP contribution in [0.1, 0.15) is 24.5 Å². The Kier molecular flexibility index (Phi) is 6.79. The van der Waals surface area contributed by atoms with Crippen molar-refractivity contribution < 1.29 is 23.2 Å². The zero-order chi connectivity index (χ0) is 20.3.